The molecule has 4 aromatic carbocycles. The Balaban J connectivity index is 0.000000232. The zero-order valence-corrected chi connectivity index (χ0v) is 60.8. The predicted octanol–water partition coefficient (Wildman–Crippen LogP) is 16.1. The van der Waals surface area contributed by atoms with Gasteiger partial charge in [0, 0.05) is 47.3 Å². The molecule has 9 aromatic heterocycles. The predicted molar refractivity (Wildman–Crippen MR) is 394 cm³/mol. The number of aromatic nitrogens is 10. The van der Waals surface area contributed by atoms with Gasteiger partial charge in [-0.2, -0.15) is 22.5 Å². The summed E-state index contributed by atoms with van der Waals surface area (Å²) in [6.07, 6.45) is 0.574. The van der Waals surface area contributed by atoms with Gasteiger partial charge in [-0.3, -0.25) is 32.4 Å². The number of ether oxygens (including phenoxy) is 2. The summed E-state index contributed by atoms with van der Waals surface area (Å²) in [7, 11) is 1.97. The van der Waals surface area contributed by atoms with Crippen LogP contribution < -0.4 is 34.2 Å². The number of rotatable bonds is 8. The average molecular weight is 1580 g/mol. The number of H-pyrrole nitrogens is 1. The van der Waals surface area contributed by atoms with Gasteiger partial charge in [0.1, 0.15) is 39.8 Å². The Labute approximate surface area is 617 Å². The molecule has 0 unspecified atom stereocenters. The van der Waals surface area contributed by atoms with Crippen LogP contribution in [0.2, 0.25) is 10.0 Å². The highest BCUT2D eigenvalue weighted by Gasteiger charge is 2.30. The first-order chi connectivity index (χ1) is 48.5. The van der Waals surface area contributed by atoms with Crippen LogP contribution in [0.3, 0.4) is 0 Å². The monoisotopic (exact) mass is 1570 g/mol. The highest BCUT2D eigenvalue weighted by atomic mass is 36.0. The van der Waals surface area contributed by atoms with Gasteiger partial charge in [-0.15, -0.1) is 0 Å². The van der Waals surface area contributed by atoms with E-state index in [0.717, 1.165) is 83.0 Å². The second-order valence-corrected chi connectivity index (χ2v) is 28.9. The maximum atomic E-state index is 14.6. The minimum atomic E-state index is -4.44. The lowest BCUT2D eigenvalue weighted by Crippen LogP contribution is -2.27. The molecule has 0 aliphatic heterocycles. The number of imidazole rings is 4. The number of aromatic amines is 1. The fraction of sp³-hybridized carbons (Fsp3) is 0.132. The van der Waals surface area contributed by atoms with Gasteiger partial charge in [-0.1, -0.05) is 65.2 Å². The second-order valence-electron chi connectivity index (χ2n) is 21.5. The minimum absolute atomic E-state index is 0. The summed E-state index contributed by atoms with van der Waals surface area (Å²) < 4.78 is 116. The largest absolute Gasteiger partial charge is 0.491 e. The fourth-order valence-corrected chi connectivity index (χ4v) is 10.1. The number of esters is 2. The molecule has 0 aliphatic carbocycles. The smallest absolute Gasteiger partial charge is 0.416 e. The molecule has 0 fully saturated rings. The first-order valence-electron chi connectivity index (χ1n) is 29.6. The van der Waals surface area contributed by atoms with E-state index < -0.39 is 63.9 Å². The van der Waals surface area contributed by atoms with Gasteiger partial charge in [0.15, 0.2) is 17.5 Å². The van der Waals surface area contributed by atoms with Crippen molar-refractivity contribution < 1.29 is 64.9 Å². The number of pyridine rings is 4. The van der Waals surface area contributed by atoms with Crippen LogP contribution in [0.4, 0.5) is 53.5 Å². The summed E-state index contributed by atoms with van der Waals surface area (Å²) in [5.41, 5.74) is 27.5. The summed E-state index contributed by atoms with van der Waals surface area (Å²) in [6.45, 7) is 9.37. The number of nitrogens with one attached hydrogen (secondary N) is 3. The molecule has 0 amide bonds. The zero-order chi connectivity index (χ0) is 75.9. The van der Waals surface area contributed by atoms with Crippen molar-refractivity contribution in [2.45, 2.75) is 47.0 Å². The molecule has 0 radical (unpaired) electrons. The van der Waals surface area contributed by atoms with Crippen LogP contribution >= 0.6 is 62.1 Å². The Morgan fingerprint density at radius 1 is 0.610 bits per heavy atom. The van der Waals surface area contributed by atoms with Crippen molar-refractivity contribution in [1.29, 1.82) is 5.41 Å². The van der Waals surface area contributed by atoms with Crippen LogP contribution in [0, 0.1) is 57.5 Å². The van der Waals surface area contributed by atoms with Crippen molar-refractivity contribution in [3.63, 3.8) is 0 Å². The summed E-state index contributed by atoms with van der Waals surface area (Å²) in [5.74, 6) is -5.87. The van der Waals surface area contributed by atoms with Gasteiger partial charge in [0.05, 0.1) is 75.4 Å². The highest BCUT2D eigenvalue weighted by Crippen LogP contribution is 2.61. The zero-order valence-electron chi connectivity index (χ0n) is 56.1. The van der Waals surface area contributed by atoms with Gasteiger partial charge in [-0.05, 0) is 178 Å². The number of nitrogens with two attached hydrogens (primary N) is 3. The standard InChI is InChI=1S/C21H16F4N4.C14H9Cl2FN2.C12H9FN4O2.C9H10N4.C7H9N.C5H7FO4.Cl3OP.H3N.H2O/c1-12-20(29-9-3-2-4-18(29)27-12)13-10-16(26)19(22)17(11-13)28-15-7-5-14(6-8-15)21(23,24)25;1-8-14(19-5-3-2-4-12(19)18-8)9-6-10(15)13(17)11(16)7-9;1-6-9(17-5-3-2-4-7(17)14-6)10-15-11(18)8(13)12(19)16-10;1-6-8(9(10)11)13-5-3-2-4-7(13)12-6;1-6-2-4-7(8)5-3-6;1-9-4(7)3(6)5(8)10-2;1-5(2,3)4;;/h2-11,28H,26H2,1H3;2-7H,1H3;2-5H,1H3,(H2,15,16,18,19);2-5H,1H3,(H3,10,11);2-5H,8H2,1H3;3H,1-2H3;;1H3;1H2. The molecule has 0 spiro atoms. The average Bonchev–Trinajstić information content (AvgIpc) is 1.69. The molecule has 13 aromatic rings. The molecule has 0 aliphatic rings. The number of anilines is 4. The maximum Gasteiger partial charge on any atom is 0.416 e. The van der Waals surface area contributed by atoms with Crippen molar-refractivity contribution in [3.8, 4) is 39.9 Å². The molecular weight excluding hydrogens is 1510 g/mol. The van der Waals surface area contributed by atoms with Crippen LogP contribution in [0.1, 0.15) is 39.6 Å². The first-order valence-corrected chi connectivity index (χ1v) is 34.8. The van der Waals surface area contributed by atoms with Crippen molar-refractivity contribution in [1.82, 2.24) is 53.7 Å². The lowest BCUT2D eigenvalue weighted by molar-refractivity contribution is -0.160. The molecule has 9 heterocycles. The highest BCUT2D eigenvalue weighted by molar-refractivity contribution is 8.24. The number of aryl methyl sites for hydroxylation is 5. The summed E-state index contributed by atoms with van der Waals surface area (Å²) in [5, 5.41) is 16.3. The molecule has 15 N–H and O–H groups in total. The van der Waals surface area contributed by atoms with E-state index in [1.807, 2.05) is 144 Å². The summed E-state index contributed by atoms with van der Waals surface area (Å²) >= 11 is 25.6. The lowest BCUT2D eigenvalue weighted by Gasteiger charge is -2.13. The minimum Gasteiger partial charge on any atom is -0.491 e. The van der Waals surface area contributed by atoms with E-state index in [4.69, 9.17) is 45.8 Å². The van der Waals surface area contributed by atoms with Gasteiger partial charge in [-0.25, -0.2) is 42.7 Å². The first kappa shape index (κ1) is 84.9. The van der Waals surface area contributed by atoms with Crippen LogP contribution in [0.25, 0.3) is 56.6 Å². The SMILES string of the molecule is COC(=O)C(F)C(=O)OC.Cc1ccc(N)cc1.Cc1nc2ccccn2c1-c1cc(Cl)c(F)c(Cl)c1.Cc1nc2ccccn2c1-c1cc(N)c(F)c(Nc2ccc(C(F)(F)F)cc2)c1.Cc1nc2ccccn2c1-c1nc(O)c(F)c(=O)[nH]1.Cc1nc2ccccn2c1C(=N)N.N.O.O=P(Cl)(Cl)Cl. The topological polar surface area (TPSA) is 385 Å². The molecule has 0 saturated carbocycles. The number of halogens is 12. The van der Waals surface area contributed by atoms with E-state index in [9.17, 15) is 54.8 Å². The summed E-state index contributed by atoms with van der Waals surface area (Å²) in [4.78, 5) is 55.2. The molecule has 0 atom stereocenters. The molecule has 105 heavy (non-hydrogen) atoms. The third-order valence-corrected chi connectivity index (χ3v) is 14.7. The van der Waals surface area contributed by atoms with Crippen LogP contribution in [0.15, 0.2) is 175 Å². The normalized spacial score (nSPS) is 10.7. The number of fused-ring (bicyclic) bond motifs is 4. The molecule has 0 saturated heterocycles. The lowest BCUT2D eigenvalue weighted by atomic mass is 10.1. The van der Waals surface area contributed by atoms with Crippen molar-refractivity contribution in [2.24, 2.45) is 5.73 Å². The maximum absolute atomic E-state index is 14.6. The van der Waals surface area contributed by atoms with E-state index in [1.54, 1.807) is 47.9 Å². The van der Waals surface area contributed by atoms with Crippen LogP contribution in [0.5, 0.6) is 5.88 Å². The van der Waals surface area contributed by atoms with Crippen molar-refractivity contribution >= 4 is 125 Å². The molecule has 13 rings (SSSR count). The number of methoxy groups -OCH3 is 2. The molecule has 37 heteroatoms. The Kier molecular flexibility index (Phi) is 30.0. The number of alkyl halides is 4. The number of benzene rings is 4. The van der Waals surface area contributed by atoms with Crippen molar-refractivity contribution in [2.75, 3.05) is 31.0 Å². The Bertz CT molecular complexity index is 5260. The Morgan fingerprint density at radius 3 is 1.42 bits per heavy atom. The number of carbonyl (C=O) groups excluding carboxylic acids is 2. The Morgan fingerprint density at radius 2 is 1.01 bits per heavy atom. The van der Waals surface area contributed by atoms with Gasteiger partial charge < -0.3 is 53.7 Å². The van der Waals surface area contributed by atoms with Crippen LogP contribution in [-0.2, 0) is 29.8 Å². The molecule has 554 valence electrons. The van der Waals surface area contributed by atoms with Gasteiger partial charge >= 0.3 is 23.3 Å². The van der Waals surface area contributed by atoms with Crippen molar-refractivity contribution in [3.05, 3.63) is 248 Å². The van der Waals surface area contributed by atoms with E-state index in [1.165, 1.54) is 23.8 Å². The van der Waals surface area contributed by atoms with E-state index in [-0.39, 0.29) is 44.7 Å². The number of nitrogen functional groups attached to an aromatic ring is 3. The number of carbonyl (C=O) groups is 2. The van der Waals surface area contributed by atoms with Crippen LogP contribution in [-0.4, -0.2) is 96.3 Å². The number of aromatic hydroxyl groups is 1. The Hall–Kier alpha value is -10.8. The fourth-order valence-electron chi connectivity index (χ4n) is 9.65. The number of nitrogens with zero attached hydrogens (tertiary/aromatic N) is 9. The number of hydrogen-bond donors (Lipinski definition) is 8. The van der Waals surface area contributed by atoms with Gasteiger partial charge in [0.25, 0.3) is 17.6 Å². The van der Waals surface area contributed by atoms with Gasteiger partial charge in [0.2, 0.25) is 5.82 Å². The summed E-state index contributed by atoms with van der Waals surface area (Å²) in [6, 6.07) is 40.7. The number of amidine groups is 1. The second kappa shape index (κ2) is 37.1. The molecule has 24 nitrogen and oxygen atoms in total. The van der Waals surface area contributed by atoms with E-state index in [0.29, 0.717) is 34.0 Å². The van der Waals surface area contributed by atoms with E-state index >= 15 is 0 Å². The molecular formula is C68H65Cl5F7N16O8P. The quantitative estimate of drug-likeness (QED) is 0.0102. The number of hydrogen-bond acceptors (Lipinski definition) is 17. The third kappa shape index (κ3) is 22.1. The van der Waals surface area contributed by atoms with E-state index in [2.05, 4.69) is 78.4 Å². The molecule has 0 bridgehead atoms. The third-order valence-electron chi connectivity index (χ3n) is 14.2.